The third-order valence-electron chi connectivity index (χ3n) is 4.24. The van der Waals surface area contributed by atoms with Gasteiger partial charge in [0.25, 0.3) is 0 Å². The zero-order valence-electron chi connectivity index (χ0n) is 16.0. The molecule has 0 N–H and O–H groups in total. The number of benzene rings is 3. The summed E-state index contributed by atoms with van der Waals surface area (Å²) in [4.78, 5) is 17.3. The van der Waals surface area contributed by atoms with E-state index in [2.05, 4.69) is 4.99 Å². The first-order chi connectivity index (χ1) is 13.6. The number of nitrogens with zero attached hydrogens (tertiary/aromatic N) is 1. The molecular weight excluding hydrogens is 354 g/mol. The molecule has 5 heteroatoms. The lowest BCUT2D eigenvalue weighted by molar-refractivity contribution is 0.103. The largest absolute Gasteiger partial charge is 0.497 e. The zero-order valence-corrected chi connectivity index (χ0v) is 16.0. The van der Waals surface area contributed by atoms with Crippen molar-refractivity contribution in [3.05, 3.63) is 83.4 Å². The predicted octanol–water partition coefficient (Wildman–Crippen LogP) is 4.69. The molecule has 0 amide bonds. The van der Waals surface area contributed by atoms with Crippen LogP contribution in [0.4, 0.5) is 5.69 Å². The minimum atomic E-state index is -0.122. The van der Waals surface area contributed by atoms with Crippen molar-refractivity contribution in [2.24, 2.45) is 4.99 Å². The van der Waals surface area contributed by atoms with Gasteiger partial charge >= 0.3 is 0 Å². The number of hydrogen-bond donors (Lipinski definition) is 0. The third kappa shape index (κ3) is 4.38. The molecule has 0 aliphatic carbocycles. The van der Waals surface area contributed by atoms with E-state index in [1.54, 1.807) is 62.9 Å². The minimum Gasteiger partial charge on any atom is -0.497 e. The Balaban J connectivity index is 1.78. The summed E-state index contributed by atoms with van der Waals surface area (Å²) in [7, 11) is 4.73. The molecule has 0 radical (unpaired) electrons. The van der Waals surface area contributed by atoms with Crippen molar-refractivity contribution >= 4 is 17.7 Å². The van der Waals surface area contributed by atoms with Gasteiger partial charge in [0.2, 0.25) is 0 Å². The highest BCUT2D eigenvalue weighted by molar-refractivity contribution is 6.11. The van der Waals surface area contributed by atoms with Crippen molar-refractivity contribution < 1.29 is 19.0 Å². The van der Waals surface area contributed by atoms with E-state index in [1.165, 1.54) is 7.11 Å². The highest BCUT2D eigenvalue weighted by Crippen LogP contribution is 2.27. The zero-order chi connectivity index (χ0) is 19.9. The van der Waals surface area contributed by atoms with Crippen LogP contribution in [0.25, 0.3) is 0 Å². The Bertz CT molecular complexity index is 994. The number of rotatable bonds is 7. The van der Waals surface area contributed by atoms with E-state index in [-0.39, 0.29) is 5.78 Å². The molecule has 0 fully saturated rings. The molecule has 0 saturated heterocycles. The first-order valence-corrected chi connectivity index (χ1v) is 8.69. The van der Waals surface area contributed by atoms with Gasteiger partial charge < -0.3 is 14.2 Å². The van der Waals surface area contributed by atoms with Crippen molar-refractivity contribution in [1.29, 1.82) is 0 Å². The van der Waals surface area contributed by atoms with E-state index in [4.69, 9.17) is 14.2 Å². The Kier molecular flexibility index (Phi) is 6.07. The molecule has 0 heterocycles. The van der Waals surface area contributed by atoms with Crippen LogP contribution >= 0.6 is 0 Å². The lowest BCUT2D eigenvalue weighted by atomic mass is 10.0. The number of carbonyl (C=O) groups is 1. The molecule has 28 heavy (non-hydrogen) atoms. The van der Waals surface area contributed by atoms with Gasteiger partial charge in [-0.25, -0.2) is 0 Å². The number of methoxy groups -OCH3 is 3. The van der Waals surface area contributed by atoms with Gasteiger partial charge in [-0.05, 0) is 54.1 Å². The van der Waals surface area contributed by atoms with Gasteiger partial charge in [-0.3, -0.25) is 9.79 Å². The van der Waals surface area contributed by atoms with Crippen molar-refractivity contribution in [2.75, 3.05) is 21.3 Å². The summed E-state index contributed by atoms with van der Waals surface area (Å²) in [6, 6.07) is 19.9. The average Bonchev–Trinajstić information content (AvgIpc) is 2.77. The van der Waals surface area contributed by atoms with Gasteiger partial charge in [0.15, 0.2) is 5.78 Å². The summed E-state index contributed by atoms with van der Waals surface area (Å²) in [5.74, 6) is 1.77. The molecule has 3 aromatic rings. The number of hydrogen-bond acceptors (Lipinski definition) is 5. The summed E-state index contributed by atoms with van der Waals surface area (Å²) < 4.78 is 15.7. The van der Waals surface area contributed by atoms with Crippen LogP contribution < -0.4 is 14.2 Å². The molecule has 0 unspecified atom stereocenters. The smallest absolute Gasteiger partial charge is 0.196 e. The van der Waals surface area contributed by atoms with E-state index in [1.807, 2.05) is 24.3 Å². The van der Waals surface area contributed by atoms with Crippen LogP contribution in [0.1, 0.15) is 21.5 Å². The second-order valence-corrected chi connectivity index (χ2v) is 5.98. The Labute approximate surface area is 164 Å². The summed E-state index contributed by atoms with van der Waals surface area (Å²) in [5, 5.41) is 0. The molecule has 5 nitrogen and oxygen atoms in total. The van der Waals surface area contributed by atoms with Crippen LogP contribution in [-0.2, 0) is 0 Å². The monoisotopic (exact) mass is 375 g/mol. The van der Waals surface area contributed by atoms with Gasteiger partial charge in [0, 0.05) is 17.8 Å². The Morgan fingerprint density at radius 3 is 2.21 bits per heavy atom. The molecule has 0 atom stereocenters. The van der Waals surface area contributed by atoms with Crippen molar-refractivity contribution in [3.8, 4) is 17.2 Å². The first-order valence-electron chi connectivity index (χ1n) is 8.69. The van der Waals surface area contributed by atoms with Crippen molar-refractivity contribution in [1.82, 2.24) is 0 Å². The molecule has 0 saturated carbocycles. The predicted molar refractivity (Wildman–Crippen MR) is 110 cm³/mol. The Morgan fingerprint density at radius 2 is 1.54 bits per heavy atom. The maximum absolute atomic E-state index is 12.8. The van der Waals surface area contributed by atoms with Crippen LogP contribution in [0.3, 0.4) is 0 Å². The first kappa shape index (κ1) is 19.2. The standard InChI is InChI=1S/C23H21NO4/c1-26-19-6-4-5-16(13-19)15-24-18-9-7-17(8-10-18)23(25)21-12-11-20(27-2)14-22(21)28-3/h4-15H,1-3H3. The van der Waals surface area contributed by atoms with Crippen LogP contribution in [0.2, 0.25) is 0 Å². The van der Waals surface area contributed by atoms with Crippen molar-refractivity contribution in [2.45, 2.75) is 0 Å². The number of ketones is 1. The fraction of sp³-hybridized carbons (Fsp3) is 0.130. The van der Waals surface area contributed by atoms with E-state index in [0.717, 1.165) is 17.0 Å². The number of aliphatic imine (C=N–C) groups is 1. The summed E-state index contributed by atoms with van der Waals surface area (Å²) in [6.07, 6.45) is 1.76. The second kappa shape index (κ2) is 8.86. The molecule has 0 aromatic heterocycles. The molecule has 0 spiro atoms. The molecular formula is C23H21NO4. The lowest BCUT2D eigenvalue weighted by Gasteiger charge is -2.09. The number of ether oxygens (including phenoxy) is 3. The summed E-state index contributed by atoms with van der Waals surface area (Å²) in [5.41, 5.74) is 2.73. The Morgan fingerprint density at radius 1 is 0.821 bits per heavy atom. The van der Waals surface area contributed by atoms with Crippen LogP contribution in [-0.4, -0.2) is 33.3 Å². The highest BCUT2D eigenvalue weighted by atomic mass is 16.5. The molecule has 0 aliphatic heterocycles. The van der Waals surface area contributed by atoms with Gasteiger partial charge in [0.1, 0.15) is 17.2 Å². The van der Waals surface area contributed by atoms with E-state index in [0.29, 0.717) is 22.6 Å². The van der Waals surface area contributed by atoms with Crippen LogP contribution in [0.5, 0.6) is 17.2 Å². The van der Waals surface area contributed by atoms with Crippen LogP contribution in [0, 0.1) is 0 Å². The topological polar surface area (TPSA) is 57.1 Å². The molecule has 142 valence electrons. The minimum absolute atomic E-state index is 0.122. The van der Waals surface area contributed by atoms with Gasteiger partial charge in [-0.2, -0.15) is 0 Å². The van der Waals surface area contributed by atoms with Crippen LogP contribution in [0.15, 0.2) is 71.7 Å². The van der Waals surface area contributed by atoms with Gasteiger partial charge in [0.05, 0.1) is 32.6 Å². The van der Waals surface area contributed by atoms with E-state index >= 15 is 0 Å². The third-order valence-corrected chi connectivity index (χ3v) is 4.24. The normalized spacial score (nSPS) is 10.7. The lowest BCUT2D eigenvalue weighted by Crippen LogP contribution is -2.04. The fourth-order valence-electron chi connectivity index (χ4n) is 2.71. The van der Waals surface area contributed by atoms with Gasteiger partial charge in [-0.15, -0.1) is 0 Å². The molecule has 0 bridgehead atoms. The van der Waals surface area contributed by atoms with Crippen molar-refractivity contribution in [3.63, 3.8) is 0 Å². The summed E-state index contributed by atoms with van der Waals surface area (Å²) >= 11 is 0. The fourth-order valence-corrected chi connectivity index (χ4v) is 2.71. The SMILES string of the molecule is COc1cccc(C=Nc2ccc(C(=O)c3ccc(OC)cc3OC)cc2)c1. The second-order valence-electron chi connectivity index (χ2n) is 5.98. The van der Waals surface area contributed by atoms with E-state index in [9.17, 15) is 4.79 Å². The average molecular weight is 375 g/mol. The molecule has 3 aromatic carbocycles. The quantitative estimate of drug-likeness (QED) is 0.444. The van der Waals surface area contributed by atoms with Gasteiger partial charge in [-0.1, -0.05) is 12.1 Å². The molecule has 0 aliphatic rings. The highest BCUT2D eigenvalue weighted by Gasteiger charge is 2.15. The maximum atomic E-state index is 12.8. The van der Waals surface area contributed by atoms with E-state index < -0.39 is 0 Å². The molecule has 3 rings (SSSR count). The summed E-state index contributed by atoms with van der Waals surface area (Å²) in [6.45, 7) is 0. The maximum Gasteiger partial charge on any atom is 0.196 e. The number of carbonyl (C=O) groups excluding carboxylic acids is 1. The Hall–Kier alpha value is -3.60.